The number of ether oxygens (including phenoxy) is 3. The lowest BCUT2D eigenvalue weighted by Gasteiger charge is -2.05. The highest BCUT2D eigenvalue weighted by molar-refractivity contribution is 5.98. The Balaban J connectivity index is 3.23. The number of pyridine rings is 1. The van der Waals surface area contributed by atoms with Crippen molar-refractivity contribution in [1.29, 1.82) is 0 Å². The van der Waals surface area contributed by atoms with Crippen LogP contribution >= 0.6 is 0 Å². The Kier molecular flexibility index (Phi) is 5.40. The van der Waals surface area contributed by atoms with Gasteiger partial charge in [-0.25, -0.2) is 19.4 Å². The molecule has 1 aromatic rings. The van der Waals surface area contributed by atoms with Crippen LogP contribution in [0.25, 0.3) is 6.08 Å². The monoisotopic (exact) mass is 279 g/mol. The van der Waals surface area contributed by atoms with E-state index >= 15 is 0 Å². The molecule has 0 radical (unpaired) electrons. The molecule has 0 aliphatic rings. The Morgan fingerprint density at radius 1 is 1.05 bits per heavy atom. The normalized spacial score (nSPS) is 10.2. The number of aromatic nitrogens is 1. The van der Waals surface area contributed by atoms with Crippen molar-refractivity contribution in [3.05, 3.63) is 35.2 Å². The maximum atomic E-state index is 11.7. The summed E-state index contributed by atoms with van der Waals surface area (Å²) < 4.78 is 13.6. The highest BCUT2D eigenvalue weighted by Crippen LogP contribution is 2.14. The quantitative estimate of drug-likeness (QED) is 0.458. The lowest BCUT2D eigenvalue weighted by Crippen LogP contribution is -2.10. The van der Waals surface area contributed by atoms with Crippen LogP contribution in [-0.4, -0.2) is 44.2 Å². The fraction of sp³-hybridized carbons (Fsp3) is 0.231. The van der Waals surface area contributed by atoms with E-state index in [2.05, 4.69) is 19.2 Å². The minimum absolute atomic E-state index is 0.0388. The summed E-state index contributed by atoms with van der Waals surface area (Å²) in [5.41, 5.74) is 0.362. The lowest BCUT2D eigenvalue weighted by molar-refractivity contribution is -0.134. The fourth-order valence-corrected chi connectivity index (χ4v) is 1.33. The van der Waals surface area contributed by atoms with E-state index in [4.69, 9.17) is 0 Å². The number of nitrogens with zero attached hydrogens (tertiary/aromatic N) is 1. The number of hydrogen-bond donors (Lipinski definition) is 0. The van der Waals surface area contributed by atoms with Gasteiger partial charge in [0.05, 0.1) is 26.9 Å². The first-order valence-corrected chi connectivity index (χ1v) is 5.46. The van der Waals surface area contributed by atoms with Gasteiger partial charge in [0.1, 0.15) is 5.69 Å². The summed E-state index contributed by atoms with van der Waals surface area (Å²) in [7, 11) is 3.63. The highest BCUT2D eigenvalue weighted by Gasteiger charge is 2.16. The zero-order valence-corrected chi connectivity index (χ0v) is 11.2. The van der Waals surface area contributed by atoms with Crippen molar-refractivity contribution in [2.45, 2.75) is 0 Å². The van der Waals surface area contributed by atoms with E-state index in [1.54, 1.807) is 0 Å². The summed E-state index contributed by atoms with van der Waals surface area (Å²) >= 11 is 0. The van der Waals surface area contributed by atoms with Crippen LogP contribution in [-0.2, 0) is 19.0 Å². The van der Waals surface area contributed by atoms with Crippen LogP contribution in [0.4, 0.5) is 0 Å². The van der Waals surface area contributed by atoms with Crippen molar-refractivity contribution in [2.75, 3.05) is 21.3 Å². The average molecular weight is 279 g/mol. The highest BCUT2D eigenvalue weighted by atomic mass is 16.5. The molecule has 0 bridgehead atoms. The van der Waals surface area contributed by atoms with E-state index in [0.29, 0.717) is 5.56 Å². The Labute approximate surface area is 115 Å². The van der Waals surface area contributed by atoms with E-state index in [0.717, 1.165) is 6.08 Å². The number of hydrogen-bond acceptors (Lipinski definition) is 7. The first-order valence-electron chi connectivity index (χ1n) is 5.46. The minimum atomic E-state index is -0.682. The SMILES string of the molecule is COC(=O)C=Cc1cnc(C(=O)OC)cc1C(=O)OC. The molecule has 1 aromatic heterocycles. The molecule has 20 heavy (non-hydrogen) atoms. The van der Waals surface area contributed by atoms with E-state index in [1.165, 1.54) is 39.7 Å². The molecule has 7 nitrogen and oxygen atoms in total. The van der Waals surface area contributed by atoms with Gasteiger partial charge < -0.3 is 14.2 Å². The van der Waals surface area contributed by atoms with Crippen LogP contribution in [0.5, 0.6) is 0 Å². The molecule has 1 heterocycles. The van der Waals surface area contributed by atoms with Crippen LogP contribution in [0.15, 0.2) is 18.3 Å². The van der Waals surface area contributed by atoms with Gasteiger partial charge in [-0.2, -0.15) is 0 Å². The van der Waals surface area contributed by atoms with Crippen molar-refractivity contribution in [3.63, 3.8) is 0 Å². The molecule has 106 valence electrons. The van der Waals surface area contributed by atoms with Gasteiger partial charge in [-0.3, -0.25) is 0 Å². The van der Waals surface area contributed by atoms with Gasteiger partial charge in [-0.15, -0.1) is 0 Å². The van der Waals surface area contributed by atoms with Gasteiger partial charge in [-0.05, 0) is 12.1 Å². The van der Waals surface area contributed by atoms with Crippen molar-refractivity contribution in [1.82, 2.24) is 4.98 Å². The summed E-state index contributed by atoms with van der Waals surface area (Å²) in [5.74, 6) is -1.93. The van der Waals surface area contributed by atoms with Gasteiger partial charge in [0.15, 0.2) is 0 Å². The second kappa shape index (κ2) is 7.03. The van der Waals surface area contributed by atoms with Gasteiger partial charge in [0, 0.05) is 17.8 Å². The molecule has 0 aromatic carbocycles. The second-order valence-corrected chi connectivity index (χ2v) is 3.50. The largest absolute Gasteiger partial charge is 0.466 e. The molecule has 0 fully saturated rings. The molecule has 0 atom stereocenters. The van der Waals surface area contributed by atoms with Gasteiger partial charge in [0.25, 0.3) is 0 Å². The molecular weight excluding hydrogens is 266 g/mol. The zero-order chi connectivity index (χ0) is 15.1. The van der Waals surface area contributed by atoms with Crippen LogP contribution in [0, 0.1) is 0 Å². The third-order valence-corrected chi connectivity index (χ3v) is 2.33. The molecule has 0 aliphatic heterocycles. The molecule has 0 spiro atoms. The number of rotatable bonds is 4. The topological polar surface area (TPSA) is 91.8 Å². The number of methoxy groups -OCH3 is 3. The fourth-order valence-electron chi connectivity index (χ4n) is 1.33. The zero-order valence-electron chi connectivity index (χ0n) is 11.2. The van der Waals surface area contributed by atoms with Crippen LogP contribution in [0.2, 0.25) is 0 Å². The van der Waals surface area contributed by atoms with Crippen molar-refractivity contribution in [2.24, 2.45) is 0 Å². The Morgan fingerprint density at radius 2 is 1.70 bits per heavy atom. The second-order valence-electron chi connectivity index (χ2n) is 3.50. The lowest BCUT2D eigenvalue weighted by atomic mass is 10.1. The Morgan fingerprint density at radius 3 is 2.25 bits per heavy atom. The Bertz CT molecular complexity index is 564. The van der Waals surface area contributed by atoms with Crippen molar-refractivity contribution in [3.8, 4) is 0 Å². The molecule has 7 heteroatoms. The maximum absolute atomic E-state index is 11.7. The summed E-state index contributed by atoms with van der Waals surface area (Å²) in [6.45, 7) is 0. The number of carbonyl (C=O) groups is 3. The minimum Gasteiger partial charge on any atom is -0.466 e. The van der Waals surface area contributed by atoms with E-state index < -0.39 is 17.9 Å². The first kappa shape index (κ1) is 15.4. The first-order chi connectivity index (χ1) is 9.53. The third kappa shape index (κ3) is 3.64. The van der Waals surface area contributed by atoms with Gasteiger partial charge >= 0.3 is 17.9 Å². The van der Waals surface area contributed by atoms with Crippen molar-refractivity contribution < 1.29 is 28.6 Å². The Hall–Kier alpha value is -2.70. The van der Waals surface area contributed by atoms with Crippen LogP contribution < -0.4 is 0 Å². The summed E-state index contributed by atoms with van der Waals surface area (Å²) in [5, 5.41) is 0. The van der Waals surface area contributed by atoms with Gasteiger partial charge in [-0.1, -0.05) is 0 Å². The number of carbonyl (C=O) groups excluding carboxylic acids is 3. The molecule has 0 saturated carbocycles. The molecule has 0 N–H and O–H groups in total. The van der Waals surface area contributed by atoms with Gasteiger partial charge in [0.2, 0.25) is 0 Å². The molecule has 0 amide bonds. The smallest absolute Gasteiger partial charge is 0.356 e. The maximum Gasteiger partial charge on any atom is 0.356 e. The van der Waals surface area contributed by atoms with E-state index in [-0.39, 0.29) is 11.3 Å². The third-order valence-electron chi connectivity index (χ3n) is 2.33. The summed E-state index contributed by atoms with van der Waals surface area (Å²) in [6, 6.07) is 1.23. The predicted molar refractivity (Wildman–Crippen MR) is 68.0 cm³/mol. The summed E-state index contributed by atoms with van der Waals surface area (Å²) in [6.07, 6.45) is 3.73. The number of esters is 3. The molecule has 0 saturated heterocycles. The predicted octanol–water partition coefficient (Wildman–Crippen LogP) is 0.841. The molecule has 0 unspecified atom stereocenters. The molecule has 1 rings (SSSR count). The van der Waals surface area contributed by atoms with Crippen molar-refractivity contribution >= 4 is 24.0 Å². The molecular formula is C13H13NO6. The standard InChI is InChI=1S/C13H13NO6/c1-18-11(15)5-4-8-7-14-10(13(17)20-3)6-9(8)12(16)19-2/h4-7H,1-3H3. The average Bonchev–Trinajstić information content (AvgIpc) is 2.50. The van der Waals surface area contributed by atoms with Crippen LogP contribution in [0.3, 0.4) is 0 Å². The van der Waals surface area contributed by atoms with Crippen LogP contribution in [0.1, 0.15) is 26.4 Å². The van der Waals surface area contributed by atoms with E-state index in [9.17, 15) is 14.4 Å². The summed E-state index contributed by atoms with van der Waals surface area (Å²) in [4.78, 5) is 37.9. The van der Waals surface area contributed by atoms with E-state index in [1.807, 2.05) is 0 Å². The molecule has 0 aliphatic carbocycles.